The molecule has 4 rings (SSSR count). The highest BCUT2D eigenvalue weighted by Crippen LogP contribution is 2.37. The Morgan fingerprint density at radius 1 is 1.00 bits per heavy atom. The molecule has 0 fully saturated rings. The molecule has 1 atom stereocenters. The second kappa shape index (κ2) is 5.79. The van der Waals surface area contributed by atoms with E-state index in [4.69, 9.17) is 0 Å². The zero-order chi connectivity index (χ0) is 17.5. The fraction of sp³-hybridized carbons (Fsp3) is 0.167. The number of para-hydroxylation sites is 1. The molecule has 2 aromatic heterocycles. The van der Waals surface area contributed by atoms with Crippen molar-refractivity contribution in [2.75, 3.05) is 6.26 Å². The molecule has 0 spiro atoms. The number of rotatable bonds is 4. The molecule has 1 N–H and O–H groups in total. The number of fused-ring (bicyclic) bond motifs is 4. The number of benzene rings is 2. The molecular formula is C18H15NO4S. The Morgan fingerprint density at radius 3 is 1.96 bits per heavy atom. The van der Waals surface area contributed by atoms with Gasteiger partial charge in [0.05, 0.1) is 5.69 Å². The highest BCUT2D eigenvalue weighted by molar-refractivity contribution is 8.00. The first-order valence-electron chi connectivity index (χ1n) is 7.27. The van der Waals surface area contributed by atoms with E-state index in [1.165, 1.54) is 0 Å². The van der Waals surface area contributed by atoms with Crippen LogP contribution < -0.4 is 11.1 Å². The van der Waals surface area contributed by atoms with Crippen LogP contribution in [0.1, 0.15) is 12.5 Å². The lowest BCUT2D eigenvalue weighted by Gasteiger charge is -2.25. The molecule has 5 nitrogen and oxygen atoms in total. The molecular weight excluding hydrogens is 326 g/mol. The first kappa shape index (κ1) is 16.3. The summed E-state index contributed by atoms with van der Waals surface area (Å²) in [5, 5.41) is 10.4. The van der Waals surface area contributed by atoms with Gasteiger partial charge in [0.25, 0.3) is 11.1 Å². The van der Waals surface area contributed by atoms with Crippen LogP contribution in [-0.2, 0) is 9.54 Å². The number of carboxylic acids is 1. The number of carbonyl (C=O) groups is 1. The Hall–Kier alpha value is -2.60. The Balaban J connectivity index is 2.45. The van der Waals surface area contributed by atoms with Crippen molar-refractivity contribution in [1.29, 1.82) is 0 Å². The summed E-state index contributed by atoms with van der Waals surface area (Å²) in [5.74, 6) is -1.03. The quantitative estimate of drug-likeness (QED) is 0.789. The molecule has 0 aliphatic rings. The van der Waals surface area contributed by atoms with E-state index in [2.05, 4.69) is 0 Å². The molecule has 0 saturated heterocycles. The van der Waals surface area contributed by atoms with Gasteiger partial charge in [0.15, 0.2) is 0 Å². The van der Waals surface area contributed by atoms with Crippen molar-refractivity contribution in [3.63, 3.8) is 0 Å². The molecule has 4 aromatic rings. The van der Waals surface area contributed by atoms with Gasteiger partial charge in [0, 0.05) is 16.3 Å². The van der Waals surface area contributed by atoms with Gasteiger partial charge in [-0.3, -0.25) is 14.4 Å². The topological polar surface area (TPSA) is 76.4 Å². The monoisotopic (exact) mass is 341 g/mol. The van der Waals surface area contributed by atoms with Gasteiger partial charge in [-0.05, 0) is 43.5 Å². The smallest absolute Gasteiger partial charge is 0.324 e. The molecule has 2 aromatic carbocycles. The first-order chi connectivity index (χ1) is 11.4. The summed E-state index contributed by atoms with van der Waals surface area (Å²) < 4.78 is -0.212. The van der Waals surface area contributed by atoms with Crippen LogP contribution in [0, 0.1) is 0 Å². The minimum Gasteiger partial charge on any atom is -0.480 e. The first-order valence-corrected chi connectivity index (χ1v) is 8.49. The summed E-state index contributed by atoms with van der Waals surface area (Å²) in [6, 6.07) is 13.0. The van der Waals surface area contributed by atoms with Crippen molar-refractivity contribution in [2.45, 2.75) is 11.7 Å². The molecule has 0 radical (unpaired) electrons. The van der Waals surface area contributed by atoms with Gasteiger partial charge in [0.1, 0.15) is 4.75 Å². The highest BCUT2D eigenvalue weighted by atomic mass is 32.2. The summed E-state index contributed by atoms with van der Waals surface area (Å²) in [5.41, 5.74) is -0.203. The molecule has 6 heteroatoms. The fourth-order valence-electron chi connectivity index (χ4n) is 2.71. The van der Waals surface area contributed by atoms with Crippen molar-refractivity contribution >= 4 is 28.5 Å². The maximum atomic E-state index is 12.7. The van der Waals surface area contributed by atoms with Crippen LogP contribution >= 0.6 is 11.8 Å². The molecule has 122 valence electrons. The van der Waals surface area contributed by atoms with Gasteiger partial charge in [-0.1, -0.05) is 18.2 Å². The predicted molar refractivity (Wildman–Crippen MR) is 95.5 cm³/mol. The summed E-state index contributed by atoms with van der Waals surface area (Å²) in [4.78, 5) is 37.3. The minimum absolute atomic E-state index is 0.300. The molecule has 2 heterocycles. The van der Waals surface area contributed by atoms with Crippen LogP contribution in [0.25, 0.3) is 16.5 Å². The van der Waals surface area contributed by atoms with Crippen molar-refractivity contribution in [2.24, 2.45) is 0 Å². The Morgan fingerprint density at radius 2 is 1.50 bits per heavy atom. The van der Waals surface area contributed by atoms with Gasteiger partial charge in [-0.15, -0.1) is 11.8 Å². The standard InChI is InChI=1S/C18H15NO4S/c1-18(24-2,17(22)23)13-5-3-4-6-14(13)19-15(20)11-7-8-12(10-9-11)16(19)21/h3-10H,1-2H3,(H,22,23). The van der Waals surface area contributed by atoms with Gasteiger partial charge in [0.2, 0.25) is 0 Å². The van der Waals surface area contributed by atoms with Crippen LogP contribution in [0.15, 0.2) is 58.1 Å². The molecule has 0 amide bonds. The molecule has 0 aliphatic heterocycles. The number of aliphatic carboxylic acids is 1. The van der Waals surface area contributed by atoms with E-state index >= 15 is 0 Å². The number of hydrogen-bond acceptors (Lipinski definition) is 4. The highest BCUT2D eigenvalue weighted by Gasteiger charge is 2.37. The third kappa shape index (κ3) is 2.30. The third-order valence-corrected chi connectivity index (χ3v) is 5.47. The zero-order valence-electron chi connectivity index (χ0n) is 13.1. The van der Waals surface area contributed by atoms with E-state index in [0.29, 0.717) is 22.0 Å². The van der Waals surface area contributed by atoms with Gasteiger partial charge in [-0.25, -0.2) is 4.57 Å². The number of thioether (sulfide) groups is 1. The largest absolute Gasteiger partial charge is 0.480 e. The third-order valence-electron chi connectivity index (χ3n) is 4.26. The van der Waals surface area contributed by atoms with Crippen molar-refractivity contribution in [1.82, 2.24) is 4.57 Å². The van der Waals surface area contributed by atoms with Gasteiger partial charge < -0.3 is 5.11 Å². The van der Waals surface area contributed by atoms with Crippen LogP contribution in [0.4, 0.5) is 0 Å². The lowest BCUT2D eigenvalue weighted by molar-refractivity contribution is -0.139. The maximum absolute atomic E-state index is 12.7. The summed E-state index contributed by atoms with van der Waals surface area (Å²) in [6.45, 7) is 1.57. The van der Waals surface area contributed by atoms with Crippen molar-refractivity contribution in [3.05, 3.63) is 74.8 Å². The number of hydrogen-bond donors (Lipinski definition) is 1. The molecule has 24 heavy (non-hydrogen) atoms. The van der Waals surface area contributed by atoms with Gasteiger partial charge >= 0.3 is 5.97 Å². The Kier molecular flexibility index (Phi) is 3.93. The average Bonchev–Trinajstić information content (AvgIpc) is 2.79. The van der Waals surface area contributed by atoms with Crippen molar-refractivity contribution in [3.8, 4) is 5.69 Å². The predicted octanol–water partition coefficient (Wildman–Crippen LogP) is 2.45. The van der Waals surface area contributed by atoms with Crippen LogP contribution in [0.5, 0.6) is 0 Å². The number of aromatic nitrogens is 1. The van der Waals surface area contributed by atoms with E-state index in [0.717, 1.165) is 16.3 Å². The average molecular weight is 341 g/mol. The van der Waals surface area contributed by atoms with E-state index in [1.54, 1.807) is 61.7 Å². The second-order valence-electron chi connectivity index (χ2n) is 5.58. The fourth-order valence-corrected chi connectivity index (χ4v) is 3.28. The lowest BCUT2D eigenvalue weighted by atomic mass is 9.98. The summed E-state index contributed by atoms with van der Waals surface area (Å²) in [7, 11) is 0. The Bertz CT molecular complexity index is 976. The van der Waals surface area contributed by atoms with Crippen LogP contribution in [0.3, 0.4) is 0 Å². The molecule has 0 aliphatic carbocycles. The van der Waals surface area contributed by atoms with E-state index in [9.17, 15) is 19.5 Å². The maximum Gasteiger partial charge on any atom is 0.324 e. The lowest BCUT2D eigenvalue weighted by Crippen LogP contribution is -2.34. The van der Waals surface area contributed by atoms with Crippen molar-refractivity contribution < 1.29 is 9.90 Å². The molecule has 2 bridgehead atoms. The summed E-state index contributed by atoms with van der Waals surface area (Å²) >= 11 is 1.14. The van der Waals surface area contributed by atoms with E-state index < -0.39 is 21.8 Å². The van der Waals surface area contributed by atoms with Crippen LogP contribution in [-0.4, -0.2) is 21.9 Å². The Labute approximate surface area is 141 Å². The van der Waals surface area contributed by atoms with Gasteiger partial charge in [-0.2, -0.15) is 0 Å². The number of carboxylic acid groups (broad SMARTS) is 1. The normalized spacial score (nSPS) is 13.8. The number of nitrogens with zero attached hydrogens (tertiary/aromatic N) is 1. The molecule has 0 saturated carbocycles. The summed E-state index contributed by atoms with van der Waals surface area (Å²) in [6.07, 6.45) is 1.69. The minimum atomic E-state index is -1.28. The van der Waals surface area contributed by atoms with E-state index in [-0.39, 0.29) is 0 Å². The van der Waals surface area contributed by atoms with Crippen LogP contribution in [0.2, 0.25) is 0 Å². The molecule has 1 unspecified atom stereocenters. The van der Waals surface area contributed by atoms with E-state index in [1.807, 2.05) is 0 Å². The SMILES string of the molecule is CSC(C)(C(=O)O)c1ccccc1-n1c(=O)c2ccc(cc2)c1=O. The zero-order valence-corrected chi connectivity index (χ0v) is 14.0. The second-order valence-corrected chi connectivity index (χ2v) is 6.81.